The highest BCUT2D eigenvalue weighted by Crippen LogP contribution is 1.96. The summed E-state index contributed by atoms with van der Waals surface area (Å²) in [5, 5.41) is 3.66. The van der Waals surface area contributed by atoms with Gasteiger partial charge in [-0.3, -0.25) is 0 Å². The molecule has 0 atom stereocenters. The molecule has 1 aromatic heterocycles. The van der Waals surface area contributed by atoms with Gasteiger partial charge in [0.2, 0.25) is 5.95 Å². The molecule has 0 aliphatic heterocycles. The van der Waals surface area contributed by atoms with Crippen molar-refractivity contribution in [2.45, 2.75) is 0 Å². The number of hydrogen-bond donors (Lipinski definition) is 1. The summed E-state index contributed by atoms with van der Waals surface area (Å²) in [7, 11) is 0. The highest BCUT2D eigenvalue weighted by Gasteiger charge is 1.92. The average Bonchev–Trinajstić information content (AvgIpc) is 2.15. The van der Waals surface area contributed by atoms with Crippen LogP contribution in [0.2, 0.25) is 0 Å². The zero-order chi connectivity index (χ0) is 9.52. The molecule has 4 nitrogen and oxygen atoms in total. The van der Waals surface area contributed by atoms with Gasteiger partial charge >= 0.3 is 0 Å². The van der Waals surface area contributed by atoms with Crippen LogP contribution in [0.5, 0.6) is 0 Å². The second kappa shape index (κ2) is 5.42. The first kappa shape index (κ1) is 9.85. The molecule has 1 aromatic rings. The molecule has 13 heavy (non-hydrogen) atoms. The van der Waals surface area contributed by atoms with Crippen LogP contribution in [-0.4, -0.2) is 16.2 Å². The minimum Gasteiger partial charge on any atom is -0.245 e. The van der Waals surface area contributed by atoms with Gasteiger partial charge < -0.3 is 0 Å². The van der Waals surface area contributed by atoms with Crippen LogP contribution in [-0.2, 0) is 0 Å². The fourth-order valence-electron chi connectivity index (χ4n) is 0.517. The first-order chi connectivity index (χ1) is 6.33. The van der Waals surface area contributed by atoms with Crippen LogP contribution in [0.3, 0.4) is 0 Å². The fourth-order valence-corrected chi connectivity index (χ4v) is 0.656. The predicted octanol–water partition coefficient (Wildman–Crippen LogP) is 1.41. The summed E-state index contributed by atoms with van der Waals surface area (Å²) in [5.41, 5.74) is 2.48. The van der Waals surface area contributed by atoms with Crippen LogP contribution in [0.1, 0.15) is 0 Å². The highest BCUT2D eigenvalue weighted by molar-refractivity contribution is 14.1. The maximum Gasteiger partial charge on any atom is 0.243 e. The quantitative estimate of drug-likeness (QED) is 0.388. The molecule has 0 spiro atoms. The van der Waals surface area contributed by atoms with Crippen molar-refractivity contribution < 1.29 is 4.39 Å². The smallest absolute Gasteiger partial charge is 0.243 e. The van der Waals surface area contributed by atoms with Crippen LogP contribution < -0.4 is 5.43 Å². The minimum atomic E-state index is -0.485. The fraction of sp³-hybridized carbons (Fsp3) is 0. The molecule has 0 bridgehead atoms. The van der Waals surface area contributed by atoms with Crippen molar-refractivity contribution >= 4 is 34.8 Å². The van der Waals surface area contributed by atoms with Gasteiger partial charge in [0.1, 0.15) is 0 Å². The highest BCUT2D eigenvalue weighted by atomic mass is 127. The van der Waals surface area contributed by atoms with Gasteiger partial charge in [-0.1, -0.05) is 0 Å². The lowest BCUT2D eigenvalue weighted by molar-refractivity contribution is 0.614. The monoisotopic (exact) mass is 290 g/mol. The lowest BCUT2D eigenvalue weighted by Gasteiger charge is -1.94. The summed E-state index contributed by atoms with van der Waals surface area (Å²) >= 11 is 1.89. The van der Waals surface area contributed by atoms with E-state index < -0.39 is 5.82 Å². The lowest BCUT2D eigenvalue weighted by atomic mass is 10.6. The summed E-state index contributed by atoms with van der Waals surface area (Å²) in [5.74, 6) is 2.33. The Kier molecular flexibility index (Phi) is 4.11. The number of anilines is 1. The van der Waals surface area contributed by atoms with Gasteiger partial charge in [-0.2, -0.15) is 5.10 Å². The summed E-state index contributed by atoms with van der Waals surface area (Å²) in [4.78, 5) is 7.23. The van der Waals surface area contributed by atoms with E-state index in [2.05, 4.69) is 30.3 Å². The van der Waals surface area contributed by atoms with Crippen LogP contribution in [0.15, 0.2) is 17.5 Å². The molecule has 66 valence electrons. The maximum absolute atomic E-state index is 12.3. The third-order valence-electron chi connectivity index (χ3n) is 0.969. The molecule has 0 radical (unpaired) electrons. The Hall–Kier alpha value is -1.23. The van der Waals surface area contributed by atoms with Crippen LogP contribution >= 0.6 is 22.6 Å². The average molecular weight is 290 g/mol. The largest absolute Gasteiger partial charge is 0.245 e. The van der Waals surface area contributed by atoms with E-state index in [1.165, 1.54) is 6.21 Å². The third-order valence-corrected chi connectivity index (χ3v) is 1.28. The topological polar surface area (TPSA) is 50.2 Å². The Labute approximate surface area is 87.8 Å². The molecule has 0 fully saturated rings. The lowest BCUT2D eigenvalue weighted by Crippen LogP contribution is -1.95. The molecule has 1 N–H and O–H groups in total. The standard InChI is InChI=1S/C7H4FIN4/c8-6-4-10-7(11-5-6)13-12-3-1-2-9/h3-5H,(H,10,11,13). The van der Waals surface area contributed by atoms with Crippen molar-refractivity contribution in [3.8, 4) is 9.85 Å². The zero-order valence-electron chi connectivity index (χ0n) is 6.33. The second-order valence-electron chi connectivity index (χ2n) is 1.83. The summed E-state index contributed by atoms with van der Waals surface area (Å²) in [6.45, 7) is 0. The molecule has 0 aliphatic rings. The van der Waals surface area contributed by atoms with Gasteiger partial charge in [-0.05, 0) is 9.85 Å². The van der Waals surface area contributed by atoms with Crippen molar-refractivity contribution in [1.82, 2.24) is 9.97 Å². The van der Waals surface area contributed by atoms with Crippen LogP contribution in [0.25, 0.3) is 0 Å². The van der Waals surface area contributed by atoms with E-state index in [4.69, 9.17) is 0 Å². The molecule has 0 aliphatic carbocycles. The SMILES string of the molecule is Fc1cnc(NN=CC#CI)nc1. The summed E-state index contributed by atoms with van der Waals surface area (Å²) < 4.78 is 14.9. The van der Waals surface area contributed by atoms with Crippen molar-refractivity contribution in [2.24, 2.45) is 5.10 Å². The minimum absolute atomic E-state index is 0.230. The Morgan fingerprint density at radius 1 is 1.54 bits per heavy atom. The first-order valence-electron chi connectivity index (χ1n) is 3.19. The molecule has 0 unspecified atom stereocenters. The van der Waals surface area contributed by atoms with Gasteiger partial charge in [0.15, 0.2) is 5.82 Å². The molecular formula is C7H4FIN4. The van der Waals surface area contributed by atoms with Crippen LogP contribution in [0, 0.1) is 15.7 Å². The molecule has 0 amide bonds. The van der Waals surface area contributed by atoms with Crippen molar-refractivity contribution in [1.29, 1.82) is 0 Å². The normalized spacial score (nSPS) is 9.38. The number of rotatable bonds is 2. The summed E-state index contributed by atoms with van der Waals surface area (Å²) in [6, 6.07) is 0. The Morgan fingerprint density at radius 2 is 2.23 bits per heavy atom. The molecule has 1 heterocycles. The Balaban J connectivity index is 2.53. The van der Waals surface area contributed by atoms with Crippen LogP contribution in [0.4, 0.5) is 10.3 Å². The number of hydrogen-bond acceptors (Lipinski definition) is 4. The molecule has 0 saturated carbocycles. The number of nitrogens with one attached hydrogen (secondary N) is 1. The first-order valence-corrected chi connectivity index (χ1v) is 4.27. The van der Waals surface area contributed by atoms with Gasteiger partial charge in [0.05, 0.1) is 18.6 Å². The predicted molar refractivity (Wildman–Crippen MR) is 55.9 cm³/mol. The van der Waals surface area contributed by atoms with Gasteiger partial charge in [-0.25, -0.2) is 19.8 Å². The Morgan fingerprint density at radius 3 is 2.85 bits per heavy atom. The summed E-state index contributed by atoms with van der Waals surface area (Å²) in [6.07, 6.45) is 3.46. The van der Waals surface area contributed by atoms with Crippen molar-refractivity contribution in [3.05, 3.63) is 18.2 Å². The number of halogens is 2. The molecule has 0 saturated heterocycles. The van der Waals surface area contributed by atoms with Crippen molar-refractivity contribution in [3.63, 3.8) is 0 Å². The van der Waals surface area contributed by atoms with E-state index in [1.54, 1.807) is 0 Å². The molecule has 6 heteroatoms. The second-order valence-corrected chi connectivity index (χ2v) is 2.37. The molecular weight excluding hydrogens is 286 g/mol. The third kappa shape index (κ3) is 3.80. The van der Waals surface area contributed by atoms with E-state index >= 15 is 0 Å². The molecule has 0 aromatic carbocycles. The van der Waals surface area contributed by atoms with E-state index in [0.717, 1.165) is 12.4 Å². The maximum atomic E-state index is 12.3. The zero-order valence-corrected chi connectivity index (χ0v) is 8.49. The van der Waals surface area contributed by atoms with Crippen molar-refractivity contribution in [2.75, 3.05) is 5.43 Å². The molecule has 1 rings (SSSR count). The van der Waals surface area contributed by atoms with E-state index in [1.807, 2.05) is 22.6 Å². The Bertz CT molecular complexity index is 351. The number of hydrazone groups is 1. The van der Waals surface area contributed by atoms with Gasteiger partial charge in [0, 0.05) is 22.6 Å². The van der Waals surface area contributed by atoms with Gasteiger partial charge in [-0.15, -0.1) is 0 Å². The number of aromatic nitrogens is 2. The van der Waals surface area contributed by atoms with E-state index in [0.29, 0.717) is 0 Å². The van der Waals surface area contributed by atoms with E-state index in [9.17, 15) is 4.39 Å². The number of nitrogens with zero attached hydrogens (tertiary/aromatic N) is 3. The van der Waals surface area contributed by atoms with E-state index in [-0.39, 0.29) is 5.95 Å². The van der Waals surface area contributed by atoms with Gasteiger partial charge in [0.25, 0.3) is 0 Å².